The number of hydrogen-bond donors (Lipinski definition) is 4. The third-order valence-electron chi connectivity index (χ3n) is 8.25. The molecule has 0 bridgehead atoms. The van der Waals surface area contributed by atoms with Crippen molar-refractivity contribution in [2.24, 2.45) is 5.92 Å². The van der Waals surface area contributed by atoms with Crippen LogP contribution in [0.1, 0.15) is 36.5 Å². The van der Waals surface area contributed by atoms with Crippen molar-refractivity contribution in [1.29, 1.82) is 0 Å². The van der Waals surface area contributed by atoms with E-state index in [0.717, 1.165) is 22.0 Å². The van der Waals surface area contributed by atoms with Crippen LogP contribution in [-0.4, -0.2) is 63.9 Å². The molecule has 47 heavy (non-hydrogen) atoms. The average molecular weight is 640 g/mol. The van der Waals surface area contributed by atoms with E-state index in [9.17, 15) is 29.1 Å². The molecular weight excluding hydrogens is 602 g/mol. The lowest BCUT2D eigenvalue weighted by atomic mass is 9.89. The van der Waals surface area contributed by atoms with Crippen LogP contribution in [-0.2, 0) is 48.1 Å². The Hall–Kier alpha value is -5.29. The van der Waals surface area contributed by atoms with Gasteiger partial charge in [-0.3, -0.25) is 19.2 Å². The lowest BCUT2D eigenvalue weighted by Crippen LogP contribution is -2.50. The zero-order valence-corrected chi connectivity index (χ0v) is 25.9. The number of aliphatic carboxylic acids is 1. The van der Waals surface area contributed by atoms with Gasteiger partial charge in [0.2, 0.25) is 5.91 Å². The fraction of sp³-hybridized carbons (Fsp3) is 0.306. The summed E-state index contributed by atoms with van der Waals surface area (Å²) in [5.41, 5.74) is 2.15. The quantitative estimate of drug-likeness (QED) is 0.133. The number of nitrogens with one attached hydrogen (secondary N) is 3. The molecule has 1 saturated heterocycles. The Balaban J connectivity index is 1.36. The van der Waals surface area contributed by atoms with E-state index in [0.29, 0.717) is 5.56 Å². The first kappa shape index (κ1) is 33.1. The van der Waals surface area contributed by atoms with Crippen molar-refractivity contribution in [1.82, 2.24) is 15.6 Å². The van der Waals surface area contributed by atoms with E-state index in [1.165, 1.54) is 0 Å². The van der Waals surface area contributed by atoms with E-state index in [1.807, 2.05) is 60.7 Å². The maximum atomic E-state index is 14.0. The molecule has 244 valence electrons. The van der Waals surface area contributed by atoms with Crippen molar-refractivity contribution < 1.29 is 38.6 Å². The van der Waals surface area contributed by atoms with Gasteiger partial charge in [-0.25, -0.2) is 4.79 Å². The summed E-state index contributed by atoms with van der Waals surface area (Å²) in [6.07, 6.45) is 0.0225. The number of carboxylic acids is 1. The van der Waals surface area contributed by atoms with Crippen molar-refractivity contribution in [3.8, 4) is 0 Å². The minimum atomic E-state index is -1.45. The number of ether oxygens (including phenoxy) is 2. The number of carbonyl (C=O) groups excluding carboxylic acids is 4. The van der Waals surface area contributed by atoms with Gasteiger partial charge in [0.25, 0.3) is 0 Å². The zero-order chi connectivity index (χ0) is 33.4. The summed E-state index contributed by atoms with van der Waals surface area (Å²) in [4.78, 5) is 68.7. The number of Topliss-reactive ketones (excluding diaryl/α,β-unsaturated/α-hetero) is 2. The highest BCUT2D eigenvalue weighted by Gasteiger charge is 2.50. The van der Waals surface area contributed by atoms with Crippen molar-refractivity contribution in [2.45, 2.75) is 56.9 Å². The van der Waals surface area contributed by atoms with Crippen LogP contribution in [0.15, 0.2) is 91.1 Å². The molecule has 1 aromatic heterocycles. The van der Waals surface area contributed by atoms with Crippen molar-refractivity contribution in [2.75, 3.05) is 6.61 Å². The largest absolute Gasteiger partial charge is 0.481 e. The molecule has 1 fully saturated rings. The van der Waals surface area contributed by atoms with Gasteiger partial charge in [-0.05, 0) is 42.5 Å². The monoisotopic (exact) mass is 639 g/mol. The summed E-state index contributed by atoms with van der Waals surface area (Å²) in [6, 6.07) is 23.3. The van der Waals surface area contributed by atoms with Gasteiger partial charge in [0.05, 0.1) is 19.1 Å². The van der Waals surface area contributed by atoms with E-state index in [-0.39, 0.29) is 31.8 Å². The summed E-state index contributed by atoms with van der Waals surface area (Å²) >= 11 is 0. The van der Waals surface area contributed by atoms with Gasteiger partial charge in [-0.1, -0.05) is 78.9 Å². The Kier molecular flexibility index (Phi) is 10.5. The van der Waals surface area contributed by atoms with Gasteiger partial charge in [0.1, 0.15) is 18.2 Å². The number of aromatic amines is 1. The standard InChI is InChI=1S/C36H37N3O8/c1-36(22-47-36)33(43)30(16-23-10-4-2-5-11-23)38-34(44)25(17-26-20-37-28-15-9-8-14-27(26)28)18-31(40)29(19-32(41)42)39-35(45)46-21-24-12-6-3-7-13-24/h2-15,20,25,29-30,37H,16-19,21-22H2,1H3,(H,38,44)(H,39,45)(H,41,42)/t25-,29+,30+,36-/m1/s1. The minimum Gasteiger partial charge on any atom is -0.481 e. The fourth-order valence-corrected chi connectivity index (χ4v) is 5.50. The third-order valence-corrected chi connectivity index (χ3v) is 8.25. The maximum Gasteiger partial charge on any atom is 0.408 e. The first-order valence-electron chi connectivity index (χ1n) is 15.4. The number of ketones is 2. The number of hydrogen-bond acceptors (Lipinski definition) is 7. The molecule has 0 spiro atoms. The Morgan fingerprint density at radius 2 is 1.49 bits per heavy atom. The van der Waals surface area contributed by atoms with Crippen LogP contribution in [0.5, 0.6) is 0 Å². The van der Waals surface area contributed by atoms with Crippen LogP contribution in [0.2, 0.25) is 0 Å². The molecule has 2 amide bonds. The molecule has 0 radical (unpaired) electrons. The molecule has 5 rings (SSSR count). The smallest absolute Gasteiger partial charge is 0.408 e. The predicted octanol–water partition coefficient (Wildman–Crippen LogP) is 4.14. The SMILES string of the molecule is C[C@]1(C(=O)[C@H](Cc2ccccc2)NC(=O)[C@@H](CC(=O)[C@H](CC(=O)O)NC(=O)OCc2ccccc2)Cc2c[nH]c3ccccc23)CO1. The molecule has 2 heterocycles. The number of fused-ring (bicyclic) bond motifs is 1. The van der Waals surface area contributed by atoms with Crippen LogP contribution >= 0.6 is 0 Å². The number of aromatic nitrogens is 1. The minimum absolute atomic E-state index is 0.0777. The molecule has 3 aromatic carbocycles. The number of H-pyrrole nitrogens is 1. The number of alkyl carbamates (subject to hydrolysis) is 1. The number of amides is 2. The van der Waals surface area contributed by atoms with Crippen LogP contribution < -0.4 is 10.6 Å². The number of carbonyl (C=O) groups is 5. The second-order valence-corrected chi connectivity index (χ2v) is 11.9. The van der Waals surface area contributed by atoms with Gasteiger partial charge >= 0.3 is 12.1 Å². The zero-order valence-electron chi connectivity index (χ0n) is 25.9. The molecule has 0 unspecified atom stereocenters. The lowest BCUT2D eigenvalue weighted by molar-refractivity contribution is -0.140. The molecule has 1 aliphatic rings. The number of carboxylic acid groups (broad SMARTS) is 1. The van der Waals surface area contributed by atoms with E-state index < -0.39 is 60.2 Å². The van der Waals surface area contributed by atoms with Crippen LogP contribution in [0.4, 0.5) is 4.79 Å². The summed E-state index contributed by atoms with van der Waals surface area (Å²) in [7, 11) is 0. The molecule has 11 nitrogen and oxygen atoms in total. The molecule has 4 aromatic rings. The first-order valence-corrected chi connectivity index (χ1v) is 15.4. The van der Waals surface area contributed by atoms with Gasteiger partial charge in [0, 0.05) is 29.4 Å². The summed E-state index contributed by atoms with van der Waals surface area (Å²) in [6.45, 7) is 1.84. The molecule has 11 heteroatoms. The van der Waals surface area contributed by atoms with Crippen LogP contribution in [0, 0.1) is 5.92 Å². The van der Waals surface area contributed by atoms with Crippen molar-refractivity contribution >= 4 is 40.4 Å². The lowest BCUT2D eigenvalue weighted by Gasteiger charge is -2.24. The highest BCUT2D eigenvalue weighted by Crippen LogP contribution is 2.30. The highest BCUT2D eigenvalue weighted by molar-refractivity contribution is 5.98. The van der Waals surface area contributed by atoms with E-state index in [4.69, 9.17) is 9.47 Å². The molecule has 4 atom stereocenters. The molecule has 1 aliphatic heterocycles. The summed E-state index contributed by atoms with van der Waals surface area (Å²) in [5, 5.41) is 15.7. The van der Waals surface area contributed by atoms with Gasteiger partial charge in [0.15, 0.2) is 11.6 Å². The topological polar surface area (TPSA) is 167 Å². The molecule has 0 saturated carbocycles. The Bertz CT molecular complexity index is 1730. The predicted molar refractivity (Wildman–Crippen MR) is 172 cm³/mol. The number of benzene rings is 3. The number of epoxide rings is 1. The highest BCUT2D eigenvalue weighted by atomic mass is 16.6. The number of para-hydroxylation sites is 1. The van der Waals surface area contributed by atoms with Crippen LogP contribution in [0.25, 0.3) is 10.9 Å². The van der Waals surface area contributed by atoms with Gasteiger partial charge < -0.3 is 30.2 Å². The number of rotatable bonds is 16. The van der Waals surface area contributed by atoms with Crippen molar-refractivity contribution in [3.63, 3.8) is 0 Å². The Morgan fingerprint density at radius 1 is 0.851 bits per heavy atom. The first-order chi connectivity index (χ1) is 22.6. The van der Waals surface area contributed by atoms with Crippen LogP contribution in [0.3, 0.4) is 0 Å². The molecule has 4 N–H and O–H groups in total. The van der Waals surface area contributed by atoms with Crippen molar-refractivity contribution in [3.05, 3.63) is 108 Å². The summed E-state index contributed by atoms with van der Waals surface area (Å²) in [5.74, 6) is -3.80. The van der Waals surface area contributed by atoms with E-state index in [1.54, 1.807) is 37.4 Å². The summed E-state index contributed by atoms with van der Waals surface area (Å²) < 4.78 is 10.6. The van der Waals surface area contributed by atoms with E-state index >= 15 is 0 Å². The average Bonchev–Trinajstić information content (AvgIpc) is 3.70. The second kappa shape index (κ2) is 14.9. The second-order valence-electron chi connectivity index (χ2n) is 11.9. The van der Waals surface area contributed by atoms with Gasteiger partial charge in [-0.2, -0.15) is 0 Å². The Labute approximate surface area is 271 Å². The molecule has 0 aliphatic carbocycles. The third kappa shape index (κ3) is 8.92. The van der Waals surface area contributed by atoms with E-state index in [2.05, 4.69) is 15.6 Å². The Morgan fingerprint density at radius 3 is 2.15 bits per heavy atom. The normalized spacial score (nSPS) is 17.2. The molecular formula is C36H37N3O8. The fourth-order valence-electron chi connectivity index (χ4n) is 5.50. The van der Waals surface area contributed by atoms with Gasteiger partial charge in [-0.15, -0.1) is 0 Å². The maximum absolute atomic E-state index is 14.0.